The van der Waals surface area contributed by atoms with E-state index in [1.165, 1.54) is 0 Å². The molecule has 1 atom stereocenters. The van der Waals surface area contributed by atoms with Crippen LogP contribution in [0.1, 0.15) is 25.0 Å². The average Bonchev–Trinajstić information content (AvgIpc) is 2.65. The third-order valence-electron chi connectivity index (χ3n) is 5.23. The first-order chi connectivity index (χ1) is 12.9. The van der Waals surface area contributed by atoms with Crippen molar-refractivity contribution in [2.24, 2.45) is 5.92 Å². The van der Waals surface area contributed by atoms with Gasteiger partial charge in [-0.05, 0) is 29.7 Å². The molecule has 4 nitrogen and oxygen atoms in total. The van der Waals surface area contributed by atoms with Gasteiger partial charge in [-0.15, -0.1) is 0 Å². The second kappa shape index (κ2) is 8.77. The van der Waals surface area contributed by atoms with Crippen LogP contribution in [-0.4, -0.2) is 46.5 Å². The summed E-state index contributed by atoms with van der Waals surface area (Å²) in [6.45, 7) is 7.24. The van der Waals surface area contributed by atoms with Crippen LogP contribution in [0.3, 0.4) is 0 Å². The maximum absolute atomic E-state index is 12.9. The third-order valence-corrected chi connectivity index (χ3v) is 5.46. The van der Waals surface area contributed by atoms with Crippen LogP contribution >= 0.6 is 11.6 Å². The SMILES string of the molecule is CC(C)[C@H]1CN(Cc2cc(Cl)ccc2O)CCN1C(=O)Cc1ccccc1. The summed E-state index contributed by atoms with van der Waals surface area (Å²) in [5, 5.41) is 10.7. The molecule has 0 radical (unpaired) electrons. The van der Waals surface area contributed by atoms with Crippen molar-refractivity contribution in [1.29, 1.82) is 0 Å². The number of hydrogen-bond donors (Lipinski definition) is 1. The smallest absolute Gasteiger partial charge is 0.227 e. The number of hydrogen-bond acceptors (Lipinski definition) is 3. The number of nitrogens with zero attached hydrogens (tertiary/aromatic N) is 2. The van der Waals surface area contributed by atoms with Crippen LogP contribution in [0.2, 0.25) is 5.02 Å². The van der Waals surface area contributed by atoms with Crippen molar-refractivity contribution >= 4 is 17.5 Å². The van der Waals surface area contributed by atoms with Gasteiger partial charge in [0.2, 0.25) is 5.91 Å². The summed E-state index contributed by atoms with van der Waals surface area (Å²) in [5.74, 6) is 0.814. The van der Waals surface area contributed by atoms with Crippen LogP contribution in [0.25, 0.3) is 0 Å². The van der Waals surface area contributed by atoms with Gasteiger partial charge in [-0.2, -0.15) is 0 Å². The van der Waals surface area contributed by atoms with Crippen LogP contribution in [0, 0.1) is 5.92 Å². The minimum atomic E-state index is 0.163. The Kier molecular flexibility index (Phi) is 6.40. The number of phenolic OH excluding ortho intramolecular Hbond substituents is 1. The maximum atomic E-state index is 12.9. The number of halogens is 1. The first-order valence-electron chi connectivity index (χ1n) is 9.47. The van der Waals surface area contributed by atoms with Crippen LogP contribution < -0.4 is 0 Å². The molecule has 1 N–H and O–H groups in total. The summed E-state index contributed by atoms with van der Waals surface area (Å²) in [6, 6.07) is 15.2. The van der Waals surface area contributed by atoms with Crippen LogP contribution in [0.5, 0.6) is 5.75 Å². The van der Waals surface area contributed by atoms with Gasteiger partial charge in [-0.3, -0.25) is 9.69 Å². The molecule has 0 aromatic heterocycles. The fourth-order valence-electron chi connectivity index (χ4n) is 3.69. The number of aromatic hydroxyl groups is 1. The topological polar surface area (TPSA) is 43.8 Å². The van der Waals surface area contributed by atoms with Crippen LogP contribution in [0.15, 0.2) is 48.5 Å². The normalized spacial score (nSPS) is 18.1. The lowest BCUT2D eigenvalue weighted by molar-refractivity contribution is -0.136. The van der Waals surface area contributed by atoms with Crippen molar-refractivity contribution in [1.82, 2.24) is 9.80 Å². The molecule has 1 heterocycles. The Bertz CT molecular complexity index is 779. The van der Waals surface area contributed by atoms with E-state index in [-0.39, 0.29) is 17.7 Å². The zero-order valence-electron chi connectivity index (χ0n) is 15.9. The molecule has 1 aliphatic rings. The van der Waals surface area contributed by atoms with Crippen molar-refractivity contribution in [3.63, 3.8) is 0 Å². The Morgan fingerprint density at radius 2 is 1.93 bits per heavy atom. The Balaban J connectivity index is 1.68. The molecule has 27 heavy (non-hydrogen) atoms. The molecule has 1 amide bonds. The molecule has 144 valence electrons. The van der Waals surface area contributed by atoms with E-state index in [1.807, 2.05) is 41.3 Å². The highest BCUT2D eigenvalue weighted by molar-refractivity contribution is 6.30. The zero-order chi connectivity index (χ0) is 19.4. The minimum Gasteiger partial charge on any atom is -0.508 e. The highest BCUT2D eigenvalue weighted by Crippen LogP contribution is 2.25. The van der Waals surface area contributed by atoms with E-state index in [9.17, 15) is 9.90 Å². The average molecular weight is 387 g/mol. The van der Waals surface area contributed by atoms with Gasteiger partial charge in [0.1, 0.15) is 5.75 Å². The van der Waals surface area contributed by atoms with Crippen molar-refractivity contribution < 1.29 is 9.90 Å². The first kappa shape index (κ1) is 19.7. The van der Waals surface area contributed by atoms with Gasteiger partial charge in [-0.1, -0.05) is 55.8 Å². The molecular formula is C22H27ClN2O2. The molecule has 5 heteroatoms. The van der Waals surface area contributed by atoms with Crippen LogP contribution in [0.4, 0.5) is 0 Å². The van der Waals surface area contributed by atoms with E-state index in [4.69, 9.17) is 11.6 Å². The highest BCUT2D eigenvalue weighted by atomic mass is 35.5. The predicted octanol–water partition coefficient (Wildman–Crippen LogP) is 3.96. The number of benzene rings is 2. The van der Waals surface area contributed by atoms with E-state index in [0.717, 1.165) is 24.2 Å². The van der Waals surface area contributed by atoms with Gasteiger partial charge in [0.05, 0.1) is 6.42 Å². The lowest BCUT2D eigenvalue weighted by Crippen LogP contribution is -2.57. The Labute approximate surface area is 166 Å². The number of piperazine rings is 1. The summed E-state index contributed by atoms with van der Waals surface area (Å²) < 4.78 is 0. The number of carbonyl (C=O) groups excluding carboxylic acids is 1. The maximum Gasteiger partial charge on any atom is 0.227 e. The van der Waals surface area contributed by atoms with Gasteiger partial charge in [0.15, 0.2) is 0 Å². The quantitative estimate of drug-likeness (QED) is 0.845. The van der Waals surface area contributed by atoms with Gasteiger partial charge in [0.25, 0.3) is 0 Å². The van der Waals surface area contributed by atoms with E-state index >= 15 is 0 Å². The second-order valence-electron chi connectivity index (χ2n) is 7.57. The summed E-state index contributed by atoms with van der Waals surface area (Å²) >= 11 is 6.07. The lowest BCUT2D eigenvalue weighted by atomic mass is 9.98. The predicted molar refractivity (Wildman–Crippen MR) is 109 cm³/mol. The third kappa shape index (κ3) is 5.02. The van der Waals surface area contributed by atoms with Crippen molar-refractivity contribution in [3.8, 4) is 5.75 Å². The molecule has 1 aliphatic heterocycles. The molecule has 2 aromatic carbocycles. The molecule has 1 fully saturated rings. The summed E-state index contributed by atoms with van der Waals surface area (Å²) in [6.07, 6.45) is 0.444. The zero-order valence-corrected chi connectivity index (χ0v) is 16.7. The summed E-state index contributed by atoms with van der Waals surface area (Å²) in [5.41, 5.74) is 1.88. The van der Waals surface area contributed by atoms with Gasteiger partial charge < -0.3 is 10.0 Å². The van der Waals surface area contributed by atoms with Gasteiger partial charge in [0, 0.05) is 42.8 Å². The Morgan fingerprint density at radius 1 is 1.19 bits per heavy atom. The van der Waals surface area contributed by atoms with Crippen molar-refractivity contribution in [2.45, 2.75) is 32.9 Å². The molecule has 2 aromatic rings. The molecule has 0 aliphatic carbocycles. The van der Waals surface area contributed by atoms with Crippen LogP contribution in [-0.2, 0) is 17.8 Å². The van der Waals surface area contributed by atoms with Gasteiger partial charge in [-0.25, -0.2) is 0 Å². The molecule has 0 bridgehead atoms. The van der Waals surface area contributed by atoms with Gasteiger partial charge >= 0.3 is 0 Å². The largest absolute Gasteiger partial charge is 0.508 e. The van der Waals surface area contributed by atoms with E-state index < -0.39 is 0 Å². The number of amides is 1. The fraction of sp³-hybridized carbons (Fsp3) is 0.409. The highest BCUT2D eigenvalue weighted by Gasteiger charge is 2.32. The summed E-state index contributed by atoms with van der Waals surface area (Å²) in [7, 11) is 0. The Morgan fingerprint density at radius 3 is 2.63 bits per heavy atom. The monoisotopic (exact) mass is 386 g/mol. The number of carbonyl (C=O) groups is 1. The van der Waals surface area contributed by atoms with Crippen molar-refractivity contribution in [3.05, 3.63) is 64.7 Å². The molecule has 3 rings (SSSR count). The fourth-order valence-corrected chi connectivity index (χ4v) is 3.88. The molecule has 0 saturated carbocycles. The molecule has 1 saturated heterocycles. The van der Waals surface area contributed by atoms with Crippen molar-refractivity contribution in [2.75, 3.05) is 19.6 Å². The minimum absolute atomic E-state index is 0.163. The number of phenols is 1. The molecular weight excluding hydrogens is 360 g/mol. The first-order valence-corrected chi connectivity index (χ1v) is 9.85. The van der Waals surface area contributed by atoms with E-state index in [0.29, 0.717) is 30.5 Å². The number of rotatable bonds is 5. The second-order valence-corrected chi connectivity index (χ2v) is 8.01. The molecule has 0 unspecified atom stereocenters. The lowest BCUT2D eigenvalue weighted by Gasteiger charge is -2.43. The Hall–Kier alpha value is -2.04. The van der Waals surface area contributed by atoms with E-state index in [2.05, 4.69) is 18.7 Å². The standard InChI is InChI=1S/C22H27ClN2O2/c1-16(2)20-15-24(14-18-13-19(23)8-9-21(18)26)10-11-25(20)22(27)12-17-6-4-3-5-7-17/h3-9,13,16,20,26H,10-12,14-15H2,1-2H3/t20-/m1/s1. The summed E-state index contributed by atoms with van der Waals surface area (Å²) in [4.78, 5) is 17.2. The van der Waals surface area contributed by atoms with E-state index in [1.54, 1.807) is 12.1 Å². The molecule has 0 spiro atoms.